The second kappa shape index (κ2) is 2.69. The molecule has 0 bridgehead atoms. The van der Waals surface area contributed by atoms with Crippen LogP contribution in [0, 0.1) is 0 Å². The van der Waals surface area contributed by atoms with Gasteiger partial charge in [0.05, 0.1) is 0 Å². The van der Waals surface area contributed by atoms with Crippen LogP contribution in [0.5, 0.6) is 0 Å². The lowest BCUT2D eigenvalue weighted by molar-refractivity contribution is 1.61. The Labute approximate surface area is 122 Å². The molecule has 0 saturated carbocycles. The number of benzene rings is 4. The smallest absolute Gasteiger partial charge is 0.00196 e. The van der Waals surface area contributed by atoms with Crippen LogP contribution >= 0.6 is 0 Å². The summed E-state index contributed by atoms with van der Waals surface area (Å²) in [4.78, 5) is 0. The summed E-state index contributed by atoms with van der Waals surface area (Å²) in [6.07, 6.45) is 3.61. The molecule has 0 radical (unpaired) electrons. The van der Waals surface area contributed by atoms with Crippen LogP contribution < -0.4 is 0 Å². The maximum Gasteiger partial charge on any atom is -0.00196 e. The van der Waals surface area contributed by atoms with Gasteiger partial charge in [-0.1, -0.05) is 0 Å². The molecule has 0 spiro atoms. The highest BCUT2D eigenvalue weighted by Gasteiger charge is 2.25. The third-order valence-electron chi connectivity index (χ3n) is 5.66. The maximum absolute atomic E-state index is 2.45. The van der Waals surface area contributed by atoms with E-state index in [1.54, 1.807) is 33.4 Å². The van der Waals surface area contributed by atoms with Crippen LogP contribution in [0.2, 0.25) is 0 Å². The molecule has 0 nitrogen and oxygen atoms in total. The molecule has 0 aliphatic heterocycles. The van der Waals surface area contributed by atoms with E-state index in [1.165, 1.54) is 51.6 Å². The Kier molecular flexibility index (Phi) is 1.23. The molecule has 0 heterocycles. The average molecular weight is 264 g/mol. The quantitative estimate of drug-likeness (QED) is 0.343. The second-order valence-electron chi connectivity index (χ2n) is 7.03. The van der Waals surface area contributed by atoms with Gasteiger partial charge < -0.3 is 0 Å². The Hall–Kier alpha value is -2.34. The van der Waals surface area contributed by atoms with E-state index in [1.807, 2.05) is 0 Å². The fourth-order valence-corrected chi connectivity index (χ4v) is 4.19. The lowest BCUT2D eigenvalue weighted by Gasteiger charge is -2.09. The largest absolute Gasteiger partial charge is 0.0499 e. The Balaban J connectivity index is 1.88. The summed E-state index contributed by atoms with van der Waals surface area (Å²) in [6.45, 7) is 0. The minimum atomic E-state index is 1.20. The Morgan fingerprint density at radius 3 is 0.714 bits per heavy atom. The van der Waals surface area contributed by atoms with Gasteiger partial charge in [0.25, 0.3) is 0 Å². The van der Waals surface area contributed by atoms with Gasteiger partial charge in [-0.3, -0.25) is 0 Å². The van der Waals surface area contributed by atoms with Crippen molar-refractivity contribution in [3.63, 3.8) is 0 Å². The van der Waals surface area contributed by atoms with Gasteiger partial charge in [-0.05, 0) is 121 Å². The minimum absolute atomic E-state index is 1.20. The summed E-state index contributed by atoms with van der Waals surface area (Å²) in [5.74, 6) is 0. The van der Waals surface area contributed by atoms with Crippen LogP contribution in [-0.2, 0) is 19.3 Å². The van der Waals surface area contributed by atoms with E-state index in [0.717, 1.165) is 0 Å². The molecule has 0 atom stereocenters. The Morgan fingerprint density at radius 2 is 0.524 bits per heavy atom. The summed E-state index contributed by atoms with van der Waals surface area (Å²) in [7, 11) is 0. The zero-order valence-electron chi connectivity index (χ0n) is 11.6. The summed E-state index contributed by atoms with van der Waals surface area (Å²) in [5, 5.41) is 8.86. The molecule has 0 unspecified atom stereocenters. The molecule has 0 N–H and O–H groups in total. The number of hydrogen-bond acceptors (Lipinski definition) is 0. The van der Waals surface area contributed by atoms with Gasteiger partial charge in [-0.2, -0.15) is 0 Å². The molecule has 0 fully saturated rings. The topological polar surface area (TPSA) is 0 Å². The highest BCUT2D eigenvalue weighted by atomic mass is 14.3. The number of hydrogen-bond donors (Lipinski definition) is 0. The van der Waals surface area contributed by atoms with Gasteiger partial charge >= 0.3 is 0 Å². The molecule has 21 heavy (non-hydrogen) atoms. The first-order valence-corrected chi connectivity index (χ1v) is 7.84. The van der Waals surface area contributed by atoms with E-state index in [2.05, 4.69) is 36.4 Å². The Bertz CT molecular complexity index is 920. The van der Waals surface area contributed by atoms with Crippen LogP contribution in [-0.4, -0.2) is 0 Å². The van der Waals surface area contributed by atoms with Crippen molar-refractivity contribution in [2.75, 3.05) is 0 Å². The van der Waals surface area contributed by atoms with Gasteiger partial charge in [0.1, 0.15) is 0 Å². The summed E-state index contributed by atoms with van der Waals surface area (Å²) in [5.41, 5.74) is 9.33. The fourth-order valence-electron chi connectivity index (χ4n) is 4.19. The normalized spacial score (nSPS) is 16.0. The highest BCUT2D eigenvalue weighted by molar-refractivity contribution is 6.26. The van der Waals surface area contributed by atoms with E-state index in [4.69, 9.17) is 0 Å². The lowest BCUT2D eigenvalue weighted by atomic mass is 9.95. The van der Waals surface area contributed by atoms with Crippen LogP contribution in [0.1, 0.15) is 33.4 Å². The van der Waals surface area contributed by atoms with Crippen LogP contribution in [0.3, 0.4) is 0 Å². The van der Waals surface area contributed by atoms with Crippen molar-refractivity contribution in [3.05, 3.63) is 69.8 Å². The van der Waals surface area contributed by atoms with Gasteiger partial charge in [0, 0.05) is 0 Å². The predicted octanol–water partition coefficient (Wildman–Crippen LogP) is 4.86. The highest BCUT2D eigenvalue weighted by Crippen LogP contribution is 2.46. The van der Waals surface area contributed by atoms with Crippen molar-refractivity contribution in [2.45, 2.75) is 19.3 Å². The van der Waals surface area contributed by atoms with Crippen molar-refractivity contribution in [3.8, 4) is 0 Å². The molecule has 0 heteroatoms. The van der Waals surface area contributed by atoms with Crippen molar-refractivity contribution in [1.29, 1.82) is 0 Å². The fraction of sp³-hybridized carbons (Fsp3) is 0.143. The van der Waals surface area contributed by atoms with Crippen molar-refractivity contribution >= 4 is 32.3 Å². The van der Waals surface area contributed by atoms with Gasteiger partial charge in [-0.15, -0.1) is 0 Å². The summed E-state index contributed by atoms with van der Waals surface area (Å²) in [6, 6.07) is 14.7. The Morgan fingerprint density at radius 1 is 0.333 bits per heavy atom. The van der Waals surface area contributed by atoms with Crippen molar-refractivity contribution < 1.29 is 0 Å². The molecule has 3 aliphatic rings. The van der Waals surface area contributed by atoms with E-state index < -0.39 is 0 Å². The van der Waals surface area contributed by atoms with E-state index in [9.17, 15) is 0 Å². The molecule has 3 aliphatic carbocycles. The number of rotatable bonds is 0. The molecule has 7 rings (SSSR count). The second-order valence-corrected chi connectivity index (χ2v) is 7.03. The molecular weight excluding hydrogens is 252 g/mol. The van der Waals surface area contributed by atoms with Crippen LogP contribution in [0.15, 0.2) is 36.4 Å². The maximum atomic E-state index is 2.45. The van der Waals surface area contributed by atoms with Crippen molar-refractivity contribution in [2.24, 2.45) is 0 Å². The average Bonchev–Trinajstić information content (AvgIpc) is 3.38. The van der Waals surface area contributed by atoms with Gasteiger partial charge in [0.15, 0.2) is 0 Å². The molecule has 4 aromatic carbocycles. The lowest BCUT2D eigenvalue weighted by Crippen LogP contribution is -1.82. The van der Waals surface area contributed by atoms with E-state index in [-0.39, 0.29) is 0 Å². The predicted molar refractivity (Wildman–Crippen MR) is 87.4 cm³/mol. The van der Waals surface area contributed by atoms with Crippen LogP contribution in [0.25, 0.3) is 32.3 Å². The standard InChI is InChI=1S/C21H12/c1-10-4-16-17(5-11(1)10)19-7-13-3-15(13)9-21(19)20-8-14-2-12(14)6-18(16)20/h4-9H,1-3H2. The molecular formula is C21H12. The third-order valence-corrected chi connectivity index (χ3v) is 5.66. The molecule has 0 amide bonds. The summed E-state index contributed by atoms with van der Waals surface area (Å²) >= 11 is 0. The zero-order chi connectivity index (χ0) is 13.3. The first-order valence-electron chi connectivity index (χ1n) is 7.84. The first-order chi connectivity index (χ1) is 10.3. The zero-order valence-corrected chi connectivity index (χ0v) is 11.6. The molecule has 0 saturated heterocycles. The monoisotopic (exact) mass is 264 g/mol. The minimum Gasteiger partial charge on any atom is -0.0499 e. The molecule has 96 valence electrons. The number of fused-ring (bicyclic) bond motifs is 9. The summed E-state index contributed by atoms with van der Waals surface area (Å²) < 4.78 is 0. The van der Waals surface area contributed by atoms with Crippen LogP contribution in [0.4, 0.5) is 0 Å². The third kappa shape index (κ3) is 1.07. The van der Waals surface area contributed by atoms with E-state index in [0.29, 0.717) is 0 Å². The van der Waals surface area contributed by atoms with Gasteiger partial charge in [0.2, 0.25) is 0 Å². The van der Waals surface area contributed by atoms with E-state index >= 15 is 0 Å². The first kappa shape index (κ1) is 9.57. The van der Waals surface area contributed by atoms with Gasteiger partial charge in [-0.25, -0.2) is 0 Å². The SMILES string of the molecule is c1c2c(cc3c1c1cc4c(cc1c1cc5c(cc31)C5)C4)C2. The van der Waals surface area contributed by atoms with Crippen molar-refractivity contribution in [1.82, 2.24) is 0 Å². The molecule has 0 aromatic heterocycles. The molecule has 4 aromatic rings.